The van der Waals surface area contributed by atoms with Gasteiger partial charge in [-0.15, -0.1) is 0 Å². The van der Waals surface area contributed by atoms with E-state index >= 15 is 0 Å². The van der Waals surface area contributed by atoms with Crippen molar-refractivity contribution < 1.29 is 13.2 Å². The van der Waals surface area contributed by atoms with E-state index in [1.54, 1.807) is 38.3 Å². The van der Waals surface area contributed by atoms with Crippen molar-refractivity contribution in [2.45, 2.75) is 6.92 Å². The molecule has 17 heavy (non-hydrogen) atoms. The second-order valence-electron chi connectivity index (χ2n) is 3.50. The van der Waals surface area contributed by atoms with Crippen LogP contribution in [0.3, 0.4) is 0 Å². The fraction of sp³-hybridized carbons (Fsp3) is 0.333. The van der Waals surface area contributed by atoms with Crippen molar-refractivity contribution in [3.05, 3.63) is 30.3 Å². The predicted molar refractivity (Wildman–Crippen MR) is 70.9 cm³/mol. The summed E-state index contributed by atoms with van der Waals surface area (Å²) in [5.74, 6) is 0.667. The highest BCUT2D eigenvalue weighted by atomic mass is 32.2. The summed E-state index contributed by atoms with van der Waals surface area (Å²) < 4.78 is 30.0. The molecular formula is C12H17NO3S. The number of methoxy groups -OCH3 is 1. The van der Waals surface area contributed by atoms with Crippen LogP contribution in [0.25, 0.3) is 6.08 Å². The molecule has 5 heteroatoms. The fourth-order valence-electron chi connectivity index (χ4n) is 1.44. The highest BCUT2D eigenvalue weighted by Crippen LogP contribution is 2.28. The van der Waals surface area contributed by atoms with Crippen LogP contribution in [0, 0.1) is 0 Å². The lowest BCUT2D eigenvalue weighted by atomic mass is 10.1. The molecule has 0 aliphatic heterocycles. The minimum atomic E-state index is -3.28. The molecule has 0 spiro atoms. The molecule has 0 N–H and O–H groups in total. The van der Waals surface area contributed by atoms with Crippen LogP contribution in [0.1, 0.15) is 12.5 Å². The van der Waals surface area contributed by atoms with Gasteiger partial charge in [-0.2, -0.15) is 0 Å². The van der Waals surface area contributed by atoms with Gasteiger partial charge in [0, 0.05) is 13.1 Å². The summed E-state index contributed by atoms with van der Waals surface area (Å²) >= 11 is 0. The largest absolute Gasteiger partial charge is 0.497 e. The Bertz CT molecular complexity index is 508. The van der Waals surface area contributed by atoms with Crippen LogP contribution in [-0.4, -0.2) is 28.3 Å². The number of benzene rings is 1. The highest BCUT2D eigenvalue weighted by molar-refractivity contribution is 7.92. The number of nitrogens with zero attached hydrogens (tertiary/aromatic N) is 1. The molecule has 0 heterocycles. The van der Waals surface area contributed by atoms with Crippen LogP contribution in [0.5, 0.6) is 5.75 Å². The lowest BCUT2D eigenvalue weighted by Crippen LogP contribution is -2.28. The maximum atomic E-state index is 11.8. The van der Waals surface area contributed by atoms with Crippen LogP contribution in [0.15, 0.2) is 24.8 Å². The van der Waals surface area contributed by atoms with Gasteiger partial charge in [-0.3, -0.25) is 4.31 Å². The number of ether oxygens (including phenoxy) is 1. The first-order valence-electron chi connectivity index (χ1n) is 5.23. The SMILES string of the molecule is C=Cc1ccc(OC)cc1N(C)S(=O)(=O)CC. The third-order valence-corrected chi connectivity index (χ3v) is 4.34. The number of anilines is 1. The summed E-state index contributed by atoms with van der Waals surface area (Å²) in [6, 6.07) is 5.24. The molecule has 1 aromatic rings. The number of rotatable bonds is 5. The van der Waals surface area contributed by atoms with Crippen molar-refractivity contribution in [2.75, 3.05) is 24.2 Å². The number of hydrogen-bond donors (Lipinski definition) is 0. The molecule has 0 radical (unpaired) electrons. The summed E-state index contributed by atoms with van der Waals surface area (Å²) in [7, 11) is -0.208. The molecule has 0 aliphatic rings. The van der Waals surface area contributed by atoms with Crippen LogP contribution in [-0.2, 0) is 10.0 Å². The molecule has 0 unspecified atom stereocenters. The van der Waals surface area contributed by atoms with E-state index in [2.05, 4.69) is 6.58 Å². The van der Waals surface area contributed by atoms with E-state index in [-0.39, 0.29) is 5.75 Å². The second kappa shape index (κ2) is 5.23. The van der Waals surface area contributed by atoms with E-state index in [0.29, 0.717) is 11.4 Å². The lowest BCUT2D eigenvalue weighted by molar-refractivity contribution is 0.415. The highest BCUT2D eigenvalue weighted by Gasteiger charge is 2.18. The standard InChI is InChI=1S/C12H17NO3S/c1-5-10-7-8-11(16-4)9-12(10)13(3)17(14,15)6-2/h5,7-9H,1,6H2,2-4H3. The van der Waals surface area contributed by atoms with Crippen molar-refractivity contribution in [3.8, 4) is 5.75 Å². The lowest BCUT2D eigenvalue weighted by Gasteiger charge is -2.21. The smallest absolute Gasteiger partial charge is 0.234 e. The van der Waals surface area contributed by atoms with Crippen molar-refractivity contribution in [1.29, 1.82) is 0 Å². The minimum Gasteiger partial charge on any atom is -0.497 e. The number of hydrogen-bond acceptors (Lipinski definition) is 3. The predicted octanol–water partition coefficient (Wildman–Crippen LogP) is 2.12. The van der Waals surface area contributed by atoms with Gasteiger partial charge in [0.1, 0.15) is 5.75 Å². The molecule has 4 nitrogen and oxygen atoms in total. The summed E-state index contributed by atoms with van der Waals surface area (Å²) in [5, 5.41) is 0. The van der Waals surface area contributed by atoms with E-state index < -0.39 is 10.0 Å². The van der Waals surface area contributed by atoms with Gasteiger partial charge in [-0.25, -0.2) is 8.42 Å². The molecule has 0 atom stereocenters. The molecule has 0 aliphatic carbocycles. The monoisotopic (exact) mass is 255 g/mol. The van der Waals surface area contributed by atoms with E-state index in [0.717, 1.165) is 5.56 Å². The first kappa shape index (κ1) is 13.6. The molecule has 1 rings (SSSR count). The van der Waals surface area contributed by atoms with Crippen molar-refractivity contribution in [1.82, 2.24) is 0 Å². The van der Waals surface area contributed by atoms with Crippen LogP contribution in [0.4, 0.5) is 5.69 Å². The van der Waals surface area contributed by atoms with Gasteiger partial charge in [0.25, 0.3) is 0 Å². The summed E-state index contributed by atoms with van der Waals surface area (Å²) in [5.41, 5.74) is 1.33. The normalized spacial score (nSPS) is 11.0. The maximum Gasteiger partial charge on any atom is 0.234 e. The quantitative estimate of drug-likeness (QED) is 0.809. The molecule has 1 aromatic carbocycles. The Kier molecular flexibility index (Phi) is 4.17. The maximum absolute atomic E-state index is 11.8. The van der Waals surface area contributed by atoms with E-state index in [1.807, 2.05) is 0 Å². The Hall–Kier alpha value is -1.49. The first-order valence-corrected chi connectivity index (χ1v) is 6.84. The molecule has 0 saturated heterocycles. The van der Waals surface area contributed by atoms with Crippen LogP contribution in [0.2, 0.25) is 0 Å². The summed E-state index contributed by atoms with van der Waals surface area (Å²) in [6.45, 7) is 5.29. The zero-order valence-corrected chi connectivity index (χ0v) is 11.1. The Morgan fingerprint density at radius 1 is 1.47 bits per heavy atom. The second-order valence-corrected chi connectivity index (χ2v) is 5.79. The van der Waals surface area contributed by atoms with Gasteiger partial charge in [0.15, 0.2) is 0 Å². The van der Waals surface area contributed by atoms with Gasteiger partial charge >= 0.3 is 0 Å². The third kappa shape index (κ3) is 2.79. The molecule has 0 amide bonds. The molecule has 94 valence electrons. The Labute approximate surface area is 103 Å². The van der Waals surface area contributed by atoms with Crippen molar-refractivity contribution in [3.63, 3.8) is 0 Å². The van der Waals surface area contributed by atoms with E-state index in [9.17, 15) is 8.42 Å². The first-order chi connectivity index (χ1) is 7.96. The molecule has 0 aromatic heterocycles. The van der Waals surface area contributed by atoms with Crippen molar-refractivity contribution >= 4 is 21.8 Å². The Morgan fingerprint density at radius 2 is 2.12 bits per heavy atom. The minimum absolute atomic E-state index is 0.0529. The average Bonchev–Trinajstić information content (AvgIpc) is 2.36. The Morgan fingerprint density at radius 3 is 2.59 bits per heavy atom. The van der Waals surface area contributed by atoms with E-state index in [4.69, 9.17) is 4.74 Å². The third-order valence-electron chi connectivity index (χ3n) is 2.58. The topological polar surface area (TPSA) is 46.6 Å². The van der Waals surface area contributed by atoms with Gasteiger partial charge in [0.2, 0.25) is 10.0 Å². The Balaban J connectivity index is 3.32. The summed E-state index contributed by atoms with van der Waals surface area (Å²) in [6.07, 6.45) is 1.62. The summed E-state index contributed by atoms with van der Waals surface area (Å²) in [4.78, 5) is 0. The van der Waals surface area contributed by atoms with Gasteiger partial charge in [-0.1, -0.05) is 12.7 Å². The average molecular weight is 255 g/mol. The molecule has 0 saturated carbocycles. The number of sulfonamides is 1. The van der Waals surface area contributed by atoms with Gasteiger partial charge < -0.3 is 4.74 Å². The molecule has 0 bridgehead atoms. The van der Waals surface area contributed by atoms with Crippen LogP contribution < -0.4 is 9.04 Å². The molecular weight excluding hydrogens is 238 g/mol. The van der Waals surface area contributed by atoms with Crippen molar-refractivity contribution in [2.24, 2.45) is 0 Å². The van der Waals surface area contributed by atoms with E-state index in [1.165, 1.54) is 11.4 Å². The fourth-order valence-corrected chi connectivity index (χ4v) is 2.28. The zero-order valence-electron chi connectivity index (χ0n) is 10.3. The molecule has 0 fully saturated rings. The van der Waals surface area contributed by atoms with Crippen LogP contribution >= 0.6 is 0 Å². The zero-order chi connectivity index (χ0) is 13.1. The van der Waals surface area contributed by atoms with Gasteiger partial charge in [-0.05, 0) is 24.6 Å². The van der Waals surface area contributed by atoms with Gasteiger partial charge in [0.05, 0.1) is 18.6 Å².